The number of nitrogens with zero attached hydrogens (tertiary/aromatic N) is 1. The summed E-state index contributed by atoms with van der Waals surface area (Å²) in [6.07, 6.45) is 14.6. The molecule has 0 aliphatic heterocycles. The number of methoxy groups -OCH3 is 1. The number of pyridine rings is 1. The molecule has 0 unspecified atom stereocenters. The zero-order valence-corrected chi connectivity index (χ0v) is 43.8. The number of phenolic OH excluding ortho intramolecular Hbond substituents is 2. The molecule has 342 valence electrons. The van der Waals surface area contributed by atoms with Crippen LogP contribution >= 0.6 is 0 Å². The van der Waals surface area contributed by atoms with Crippen LogP contribution in [-0.2, 0) is 37.0 Å². The van der Waals surface area contributed by atoms with Gasteiger partial charge in [0.2, 0.25) is 0 Å². The second-order valence-corrected chi connectivity index (χ2v) is 24.8. The summed E-state index contributed by atoms with van der Waals surface area (Å²) in [4.78, 5) is 5.46. The summed E-state index contributed by atoms with van der Waals surface area (Å²) in [5.41, 5.74) is 13.5. The van der Waals surface area contributed by atoms with Gasteiger partial charge in [-0.3, -0.25) is 0 Å². The van der Waals surface area contributed by atoms with E-state index in [1.54, 1.807) is 7.11 Å². The summed E-state index contributed by atoms with van der Waals surface area (Å²) >= 11 is 0. The molecule has 1 aromatic heterocycles. The maximum Gasteiger partial charge on any atom is 0.127 e. The van der Waals surface area contributed by atoms with Crippen molar-refractivity contribution in [3.8, 4) is 62.0 Å². The molecule has 0 radical (unpaired) electrons. The predicted molar refractivity (Wildman–Crippen MR) is 266 cm³/mol. The van der Waals surface area contributed by atoms with Gasteiger partial charge in [-0.15, -0.1) is 0 Å². The third kappa shape index (κ3) is 7.60. The Morgan fingerprint density at radius 3 is 1.02 bits per heavy atom. The van der Waals surface area contributed by atoms with Gasteiger partial charge in [-0.2, -0.15) is 0 Å². The first-order chi connectivity index (χ1) is 29.2. The van der Waals surface area contributed by atoms with E-state index in [1.807, 2.05) is 12.1 Å². The van der Waals surface area contributed by atoms with Gasteiger partial charge < -0.3 is 29.8 Å². The average molecular weight is 947 g/mol. The van der Waals surface area contributed by atoms with Crippen molar-refractivity contribution in [3.63, 3.8) is 0 Å². The molecule has 0 spiro atoms. The zero-order valence-electron chi connectivity index (χ0n) is 41.3. The van der Waals surface area contributed by atoms with Crippen molar-refractivity contribution in [1.82, 2.24) is 4.98 Å². The first-order valence-corrected chi connectivity index (χ1v) is 23.6. The summed E-state index contributed by atoms with van der Waals surface area (Å²) in [5, 5.41) is 25.3. The largest absolute Gasteiger partial charge is 0.507 e. The Kier molecular flexibility index (Phi) is 11.3. The van der Waals surface area contributed by atoms with Gasteiger partial charge in [0.05, 0.1) is 18.5 Å². The Balaban J connectivity index is 0.00000192. The van der Waals surface area contributed by atoms with Crippen LogP contribution in [-0.4, -0.2) is 22.3 Å². The Morgan fingerprint density at radius 1 is 0.431 bits per heavy atom. The van der Waals surface area contributed by atoms with Crippen LogP contribution in [0.25, 0.3) is 44.8 Å². The number of hydrogen-bond acceptors (Lipinski definition) is 4. The van der Waals surface area contributed by atoms with Gasteiger partial charge in [0.15, 0.2) is 0 Å². The van der Waals surface area contributed by atoms with Gasteiger partial charge in [-0.1, -0.05) is 102 Å². The molecule has 1 heterocycles. The van der Waals surface area contributed by atoms with E-state index in [0.717, 1.165) is 94.4 Å². The van der Waals surface area contributed by atoms with Crippen molar-refractivity contribution in [3.05, 3.63) is 122 Å². The molecule has 0 saturated heterocycles. The Bertz CT molecular complexity index is 2430. The second kappa shape index (κ2) is 15.4. The van der Waals surface area contributed by atoms with Crippen molar-refractivity contribution >= 4 is 0 Å². The maximum atomic E-state index is 12.7. The van der Waals surface area contributed by atoms with Gasteiger partial charge in [0.25, 0.3) is 0 Å². The Morgan fingerprint density at radius 2 is 0.723 bits per heavy atom. The van der Waals surface area contributed by atoms with Gasteiger partial charge in [-0.25, -0.2) is 4.98 Å². The molecule has 2 N–H and O–H groups in total. The molecular weight excluding hydrogens is 874 g/mol. The van der Waals surface area contributed by atoms with E-state index < -0.39 is 0 Å². The van der Waals surface area contributed by atoms with E-state index in [1.165, 1.54) is 49.7 Å². The summed E-state index contributed by atoms with van der Waals surface area (Å²) in [6, 6.07) is 29.8. The first-order valence-electron chi connectivity index (χ1n) is 23.6. The number of ether oxygens (including phenoxy) is 1. The van der Waals surface area contributed by atoms with Crippen molar-refractivity contribution in [2.24, 2.45) is 32.5 Å². The third-order valence-electron chi connectivity index (χ3n) is 17.4. The molecule has 4 aromatic carbocycles. The average Bonchev–Trinajstić information content (AvgIpc) is 3.15. The fourth-order valence-corrected chi connectivity index (χ4v) is 18.7. The minimum atomic E-state index is -0.0390. The molecule has 65 heavy (non-hydrogen) atoms. The monoisotopic (exact) mass is 945 g/mol. The topological polar surface area (TPSA) is 62.6 Å². The van der Waals surface area contributed by atoms with Crippen LogP contribution in [0.3, 0.4) is 0 Å². The van der Waals surface area contributed by atoms with Crippen molar-refractivity contribution in [2.75, 3.05) is 7.11 Å². The van der Waals surface area contributed by atoms with E-state index in [0.29, 0.717) is 49.7 Å². The normalized spacial score (nSPS) is 34.7. The van der Waals surface area contributed by atoms with Crippen LogP contribution in [0.5, 0.6) is 17.2 Å². The standard InChI is InChI=1S/C58H67NO3.2CH3.Zr/c1-36-18-43(49(60)45(20-36)57-30-51(3)24-52(4,31-57)26-53(5,25-51)32-57)39-14-10-12-16-41(39)47-22-38(62-9)23-48(59-47)42-17-13-11-15-40(42)44-19-37(2)21-46(50(44)61)58-33-54(6)27-55(7,34-58)29-56(8,28-54)35-58;;;/h10-23,60-61H,24-35H2,1-9H3;2*1H3;/q;2*-1;. The molecule has 8 aliphatic carbocycles. The van der Waals surface area contributed by atoms with E-state index in [4.69, 9.17) is 9.72 Å². The van der Waals surface area contributed by atoms with Gasteiger partial charge in [-0.05, 0) is 158 Å². The summed E-state index contributed by atoms with van der Waals surface area (Å²) in [7, 11) is 1.72. The number of aryl methyl sites for hydroxylation is 2. The number of benzene rings is 4. The second-order valence-electron chi connectivity index (χ2n) is 24.8. The zero-order chi connectivity index (χ0) is 43.5. The number of aromatic hydroxyl groups is 2. The molecule has 13 rings (SSSR count). The van der Waals surface area contributed by atoms with Crippen LogP contribution in [0, 0.1) is 61.2 Å². The van der Waals surface area contributed by atoms with Crippen LogP contribution in [0.4, 0.5) is 0 Å². The molecule has 8 fully saturated rings. The number of hydrogen-bond donors (Lipinski definition) is 2. The van der Waals surface area contributed by atoms with Crippen molar-refractivity contribution in [2.45, 2.75) is 143 Å². The Labute approximate surface area is 410 Å². The molecule has 4 nitrogen and oxygen atoms in total. The van der Waals surface area contributed by atoms with Crippen molar-refractivity contribution < 1.29 is 41.2 Å². The predicted octanol–water partition coefficient (Wildman–Crippen LogP) is 16.0. The fraction of sp³-hybridized carbons (Fsp3) is 0.483. The minimum Gasteiger partial charge on any atom is -0.507 e. The van der Waals surface area contributed by atoms with E-state index in [2.05, 4.69) is 128 Å². The molecular formula is C60H73NO3Zr-2. The fourth-order valence-electron chi connectivity index (χ4n) is 18.7. The molecule has 5 heteroatoms. The van der Waals surface area contributed by atoms with Crippen LogP contribution in [0.1, 0.15) is 141 Å². The summed E-state index contributed by atoms with van der Waals surface area (Å²) in [6.45, 7) is 19.5. The molecule has 0 atom stereocenters. The van der Waals surface area contributed by atoms with Crippen LogP contribution < -0.4 is 4.74 Å². The van der Waals surface area contributed by atoms with Crippen LogP contribution in [0.2, 0.25) is 0 Å². The van der Waals surface area contributed by atoms with Gasteiger partial charge in [0, 0.05) is 82.5 Å². The van der Waals surface area contributed by atoms with Crippen molar-refractivity contribution in [1.29, 1.82) is 0 Å². The third-order valence-corrected chi connectivity index (χ3v) is 17.4. The molecule has 8 aliphatic rings. The quantitative estimate of drug-likeness (QED) is 0.160. The number of rotatable bonds is 7. The van der Waals surface area contributed by atoms with E-state index in [-0.39, 0.29) is 51.9 Å². The van der Waals surface area contributed by atoms with E-state index in [9.17, 15) is 10.2 Å². The summed E-state index contributed by atoms with van der Waals surface area (Å²) < 4.78 is 6.05. The summed E-state index contributed by atoms with van der Waals surface area (Å²) in [5.74, 6) is 1.57. The number of phenols is 2. The Hall–Kier alpha value is -3.69. The molecule has 8 bridgehead atoms. The molecule has 0 amide bonds. The van der Waals surface area contributed by atoms with Gasteiger partial charge >= 0.3 is 0 Å². The smallest absolute Gasteiger partial charge is 0.127 e. The van der Waals surface area contributed by atoms with Crippen LogP contribution in [0.15, 0.2) is 84.9 Å². The van der Waals surface area contributed by atoms with E-state index >= 15 is 0 Å². The molecule has 5 aromatic rings. The van der Waals surface area contributed by atoms with Gasteiger partial charge in [0.1, 0.15) is 17.2 Å². The maximum absolute atomic E-state index is 12.7. The number of aromatic nitrogens is 1. The molecule has 8 saturated carbocycles. The minimum absolute atomic E-state index is 0. The SMILES string of the molecule is COc1cc(-c2ccccc2-c2cc(C)cc(C34CC5(C)CC(C)(CC(C)(C5)C3)C4)c2O)nc(-c2ccccc2-c2cc(C)cc(C34CC5(C)CC(C)(CC(C)(C5)C3)C4)c2O)c1.[CH3-].[CH3-].[Zr]. The first kappa shape index (κ1) is 47.8.